The molecule has 0 spiro atoms. The van der Waals surface area contributed by atoms with Gasteiger partial charge in [-0.2, -0.15) is 30.4 Å². The van der Waals surface area contributed by atoms with Crippen LogP contribution in [0.15, 0.2) is 106 Å². The van der Waals surface area contributed by atoms with E-state index in [1.165, 1.54) is 79.7 Å². The lowest BCUT2D eigenvalue weighted by molar-refractivity contribution is -0.258. The molecule has 2 atom stereocenters. The molecule has 0 aliphatic rings. The zero-order valence-corrected chi connectivity index (χ0v) is 22.0. The van der Waals surface area contributed by atoms with Crippen LogP contribution >= 0.6 is 21.9 Å². The zero-order chi connectivity index (χ0) is 28.2. The minimum absolute atomic E-state index is 0.115. The van der Waals surface area contributed by atoms with Crippen molar-refractivity contribution in [2.75, 3.05) is 0 Å². The van der Waals surface area contributed by atoms with E-state index in [1.54, 1.807) is 18.2 Å². The fourth-order valence-electron chi connectivity index (χ4n) is 3.36. The van der Waals surface area contributed by atoms with Crippen molar-refractivity contribution in [3.05, 3.63) is 91.0 Å². The topological polar surface area (TPSA) is 69.7 Å². The Labute approximate surface area is 223 Å². The average molecular weight is 597 g/mol. The van der Waals surface area contributed by atoms with Crippen molar-refractivity contribution in [3.8, 4) is 0 Å². The van der Waals surface area contributed by atoms with Gasteiger partial charge in [-0.3, -0.25) is 4.79 Å². The van der Waals surface area contributed by atoms with Gasteiger partial charge in [-0.1, -0.05) is 61.5 Å². The van der Waals surface area contributed by atoms with Gasteiger partial charge in [0.2, 0.25) is 0 Å². The van der Waals surface area contributed by atoms with Crippen LogP contribution in [0.4, 0.5) is 22.0 Å². The Morgan fingerprint density at radius 3 is 1.47 bits per heavy atom. The summed E-state index contributed by atoms with van der Waals surface area (Å²) in [5.41, 5.74) is 0. The third-order valence-electron chi connectivity index (χ3n) is 5.20. The number of carbonyl (C=O) groups excluding carboxylic acids is 1. The predicted molar refractivity (Wildman–Crippen MR) is 133 cm³/mol. The standard InChI is InChI=1S/C25H22ClF5O5S2/c1-2-21(26)22(32)35-23(24(27,28)29)25(30,31)38(33,34)36-37(18-12-6-3-7-13-18,19-14-8-4-9-15-19)20-16-10-5-11-17-20/h3-17,21,23H,2H2,1H3. The molecule has 0 aliphatic heterocycles. The van der Waals surface area contributed by atoms with E-state index >= 15 is 8.78 Å². The third kappa shape index (κ3) is 5.98. The molecule has 5 nitrogen and oxygen atoms in total. The number of benzene rings is 3. The van der Waals surface area contributed by atoms with Gasteiger partial charge < -0.3 is 4.74 Å². The molecule has 0 saturated carbocycles. The maximum Gasteiger partial charge on any atom is 0.432 e. The van der Waals surface area contributed by atoms with E-state index in [0.29, 0.717) is 0 Å². The number of hydrogen-bond donors (Lipinski definition) is 0. The number of carbonyl (C=O) groups is 1. The average Bonchev–Trinajstić information content (AvgIpc) is 2.90. The number of esters is 1. The number of rotatable bonds is 10. The number of alkyl halides is 6. The van der Waals surface area contributed by atoms with Crippen LogP contribution in [0.3, 0.4) is 0 Å². The summed E-state index contributed by atoms with van der Waals surface area (Å²) in [5, 5.41) is -7.45. The van der Waals surface area contributed by atoms with E-state index in [9.17, 15) is 26.4 Å². The van der Waals surface area contributed by atoms with Crippen molar-refractivity contribution in [2.24, 2.45) is 0 Å². The Morgan fingerprint density at radius 1 is 0.789 bits per heavy atom. The Morgan fingerprint density at radius 2 is 1.16 bits per heavy atom. The normalized spacial score (nSPS) is 14.9. The molecule has 0 heterocycles. The van der Waals surface area contributed by atoms with Gasteiger partial charge in [0.15, 0.2) is 0 Å². The Hall–Kier alpha value is -2.67. The number of hydrogen-bond acceptors (Lipinski definition) is 5. The lowest BCUT2D eigenvalue weighted by Crippen LogP contribution is -2.53. The lowest BCUT2D eigenvalue weighted by Gasteiger charge is -2.40. The zero-order valence-electron chi connectivity index (χ0n) is 19.6. The molecule has 0 amide bonds. The number of halogens is 6. The summed E-state index contributed by atoms with van der Waals surface area (Å²) >= 11 is 5.56. The van der Waals surface area contributed by atoms with Gasteiger partial charge in [0.1, 0.15) is 5.38 Å². The lowest BCUT2D eigenvalue weighted by atomic mass is 10.3. The van der Waals surface area contributed by atoms with E-state index in [4.69, 9.17) is 15.2 Å². The van der Waals surface area contributed by atoms with Crippen molar-refractivity contribution in [1.29, 1.82) is 0 Å². The van der Waals surface area contributed by atoms with E-state index in [-0.39, 0.29) is 21.1 Å². The van der Waals surface area contributed by atoms with E-state index < -0.39 is 49.3 Å². The van der Waals surface area contributed by atoms with Gasteiger partial charge >= 0.3 is 27.5 Å². The molecule has 0 fully saturated rings. The molecule has 0 bridgehead atoms. The first-order valence-electron chi connectivity index (χ1n) is 11.0. The van der Waals surface area contributed by atoms with E-state index in [2.05, 4.69) is 4.74 Å². The monoisotopic (exact) mass is 596 g/mol. The summed E-state index contributed by atoms with van der Waals surface area (Å²) in [6.07, 6.45) is -10.6. The van der Waals surface area contributed by atoms with Gasteiger partial charge in [-0.05, 0) is 53.1 Å². The fraction of sp³-hybridized carbons (Fsp3) is 0.240. The van der Waals surface area contributed by atoms with Gasteiger partial charge in [0, 0.05) is 14.7 Å². The Bertz CT molecular complexity index is 1230. The third-order valence-corrected chi connectivity index (χ3v) is 10.9. The van der Waals surface area contributed by atoms with Crippen molar-refractivity contribution in [3.63, 3.8) is 0 Å². The highest BCUT2D eigenvalue weighted by Gasteiger charge is 2.68. The van der Waals surface area contributed by atoms with Gasteiger partial charge in [0.25, 0.3) is 6.10 Å². The molecular formula is C25H22ClF5O5S2. The Balaban J connectivity index is 2.25. The molecule has 2 unspecified atom stereocenters. The highest BCUT2D eigenvalue weighted by molar-refractivity contribution is 8.33. The molecule has 206 valence electrons. The minimum Gasteiger partial charge on any atom is -0.444 e. The van der Waals surface area contributed by atoms with E-state index in [0.717, 1.165) is 0 Å². The quantitative estimate of drug-likeness (QED) is 0.139. The summed E-state index contributed by atoms with van der Waals surface area (Å²) in [6, 6.07) is 22.3. The summed E-state index contributed by atoms with van der Waals surface area (Å²) in [4.78, 5) is 12.3. The second-order valence-electron chi connectivity index (χ2n) is 7.81. The van der Waals surface area contributed by atoms with Gasteiger partial charge in [0.05, 0.1) is 0 Å². The highest BCUT2D eigenvalue weighted by Crippen LogP contribution is 2.70. The maximum absolute atomic E-state index is 15.4. The van der Waals surface area contributed by atoms with Crippen molar-refractivity contribution in [2.45, 2.75) is 50.9 Å². The Kier molecular flexibility index (Phi) is 9.12. The van der Waals surface area contributed by atoms with Crippen LogP contribution in [0.25, 0.3) is 0 Å². The first-order chi connectivity index (χ1) is 17.8. The van der Waals surface area contributed by atoms with Gasteiger partial charge in [-0.25, -0.2) is 3.63 Å². The van der Waals surface area contributed by atoms with Crippen molar-refractivity contribution >= 4 is 38.0 Å². The molecule has 3 aromatic rings. The van der Waals surface area contributed by atoms with Gasteiger partial charge in [-0.15, -0.1) is 11.6 Å². The van der Waals surface area contributed by atoms with Crippen LogP contribution < -0.4 is 0 Å². The fourth-order valence-corrected chi connectivity index (χ4v) is 8.67. The summed E-state index contributed by atoms with van der Waals surface area (Å²) in [7, 11) is -10.1. The molecular weight excluding hydrogens is 575 g/mol. The molecule has 0 aromatic heterocycles. The minimum atomic E-state index is -6.46. The molecule has 0 aliphatic carbocycles. The molecule has 0 saturated heterocycles. The van der Waals surface area contributed by atoms with E-state index in [1.807, 2.05) is 0 Å². The van der Waals surface area contributed by atoms with Crippen molar-refractivity contribution < 1.29 is 43.5 Å². The highest BCUT2D eigenvalue weighted by atomic mass is 35.5. The smallest absolute Gasteiger partial charge is 0.432 e. The molecule has 3 rings (SSSR count). The van der Waals surface area contributed by atoms with Crippen LogP contribution in [0.5, 0.6) is 0 Å². The molecule has 0 N–H and O–H groups in total. The SMILES string of the molecule is CCC(Cl)C(=O)OC(C(F)(F)F)C(F)(F)S(=O)(=O)OS(c1ccccc1)(c1ccccc1)c1ccccc1. The summed E-state index contributed by atoms with van der Waals surface area (Å²) in [5.74, 6) is -1.85. The molecule has 38 heavy (non-hydrogen) atoms. The summed E-state index contributed by atoms with van der Waals surface area (Å²) < 4.78 is 108. The number of ether oxygens (including phenoxy) is 1. The van der Waals surface area contributed by atoms with Crippen LogP contribution in [-0.4, -0.2) is 37.3 Å². The molecule has 13 heteroatoms. The first-order valence-corrected chi connectivity index (χ1v) is 14.4. The summed E-state index contributed by atoms with van der Waals surface area (Å²) in [6.45, 7) is 1.30. The van der Waals surface area contributed by atoms with Crippen LogP contribution in [-0.2, 0) is 23.3 Å². The van der Waals surface area contributed by atoms with Crippen molar-refractivity contribution in [1.82, 2.24) is 0 Å². The second-order valence-corrected chi connectivity index (χ2v) is 12.9. The second kappa shape index (κ2) is 11.6. The van der Waals surface area contributed by atoms with Crippen LogP contribution in [0.1, 0.15) is 13.3 Å². The molecule has 0 radical (unpaired) electrons. The first kappa shape index (κ1) is 29.9. The maximum atomic E-state index is 15.4. The predicted octanol–water partition coefficient (Wildman–Crippen LogP) is 7.31. The largest absolute Gasteiger partial charge is 0.444 e. The van der Waals surface area contributed by atoms with Crippen LogP contribution in [0, 0.1) is 0 Å². The van der Waals surface area contributed by atoms with Crippen LogP contribution in [0.2, 0.25) is 0 Å². The molecule has 3 aromatic carbocycles.